The van der Waals surface area contributed by atoms with Gasteiger partial charge in [-0.25, -0.2) is 9.97 Å². The zero-order chi connectivity index (χ0) is 20.9. The lowest BCUT2D eigenvalue weighted by atomic mass is 10.0. The molecule has 0 spiro atoms. The third kappa shape index (κ3) is 4.13. The van der Waals surface area contributed by atoms with E-state index in [0.29, 0.717) is 22.6 Å². The fourth-order valence-electron chi connectivity index (χ4n) is 3.76. The van der Waals surface area contributed by atoms with E-state index in [0.717, 1.165) is 25.5 Å². The number of anilines is 2. The Balaban J connectivity index is 1.67. The summed E-state index contributed by atoms with van der Waals surface area (Å²) in [6, 6.07) is 18.0. The van der Waals surface area contributed by atoms with Crippen LogP contribution in [0.2, 0.25) is 0 Å². The number of pyridine rings is 2. The molecule has 0 saturated carbocycles. The van der Waals surface area contributed by atoms with E-state index in [1.807, 2.05) is 18.2 Å². The van der Waals surface area contributed by atoms with E-state index in [4.69, 9.17) is 10.7 Å². The van der Waals surface area contributed by atoms with Crippen molar-refractivity contribution in [2.45, 2.75) is 19.1 Å². The van der Waals surface area contributed by atoms with Crippen molar-refractivity contribution in [1.82, 2.24) is 15.3 Å². The molecule has 0 aliphatic carbocycles. The van der Waals surface area contributed by atoms with E-state index in [9.17, 15) is 5.11 Å². The second-order valence-corrected chi connectivity index (χ2v) is 7.22. The van der Waals surface area contributed by atoms with Gasteiger partial charge < -0.3 is 21.1 Å². The quantitative estimate of drug-likeness (QED) is 0.585. The standard InChI is InChI=1S/C24H25N5O/c1-2-7-18-11-12-21(28-22(18)23(30)19-10-6-13-27-24(19)25)29-15-14-26-20(16-29)17-8-4-3-5-9-17/h3-6,8-13,20,23,26,30H,14-16H2,1H3,(H2,25,27)/t20-,23?/m0/s1. The van der Waals surface area contributed by atoms with Gasteiger partial charge in [0.05, 0.1) is 5.69 Å². The van der Waals surface area contributed by atoms with Crippen LogP contribution in [0.1, 0.15) is 41.5 Å². The molecule has 30 heavy (non-hydrogen) atoms. The molecule has 0 radical (unpaired) electrons. The number of piperazine rings is 1. The molecule has 3 aromatic rings. The van der Waals surface area contributed by atoms with Gasteiger partial charge in [-0.05, 0) is 30.7 Å². The largest absolute Gasteiger partial charge is 0.383 e. The lowest BCUT2D eigenvalue weighted by Crippen LogP contribution is -2.46. The first kappa shape index (κ1) is 19.9. The number of hydrogen-bond donors (Lipinski definition) is 3. The minimum absolute atomic E-state index is 0.221. The molecule has 0 amide bonds. The van der Waals surface area contributed by atoms with Gasteiger partial charge in [-0.3, -0.25) is 0 Å². The highest BCUT2D eigenvalue weighted by Crippen LogP contribution is 2.29. The summed E-state index contributed by atoms with van der Waals surface area (Å²) in [4.78, 5) is 11.2. The number of nitrogens with two attached hydrogens (primary N) is 1. The molecule has 1 aliphatic heterocycles. The zero-order valence-electron chi connectivity index (χ0n) is 16.9. The fraction of sp³-hybridized carbons (Fsp3) is 0.250. The van der Waals surface area contributed by atoms with Gasteiger partial charge in [-0.15, -0.1) is 5.92 Å². The number of nitrogens with one attached hydrogen (secondary N) is 1. The SMILES string of the molecule is CC#Cc1ccc(N2CCN[C@H](c3ccccc3)C2)nc1C(O)c1cccnc1N. The summed E-state index contributed by atoms with van der Waals surface area (Å²) in [7, 11) is 0. The van der Waals surface area contributed by atoms with Gasteiger partial charge in [-0.2, -0.15) is 0 Å². The Morgan fingerprint density at radius 1 is 1.17 bits per heavy atom. The monoisotopic (exact) mass is 399 g/mol. The van der Waals surface area contributed by atoms with Crippen molar-refractivity contribution < 1.29 is 5.11 Å². The van der Waals surface area contributed by atoms with Gasteiger partial charge in [-0.1, -0.05) is 42.3 Å². The van der Waals surface area contributed by atoms with E-state index >= 15 is 0 Å². The van der Waals surface area contributed by atoms with E-state index < -0.39 is 6.10 Å². The van der Waals surface area contributed by atoms with Crippen molar-refractivity contribution in [1.29, 1.82) is 0 Å². The minimum atomic E-state index is -0.998. The third-order valence-electron chi connectivity index (χ3n) is 5.30. The van der Waals surface area contributed by atoms with Crippen LogP contribution < -0.4 is 16.0 Å². The second kappa shape index (κ2) is 8.95. The van der Waals surface area contributed by atoms with E-state index in [2.05, 4.69) is 51.3 Å². The molecular weight excluding hydrogens is 374 g/mol. The highest BCUT2D eigenvalue weighted by atomic mass is 16.3. The summed E-state index contributed by atoms with van der Waals surface area (Å²) in [5.41, 5.74) is 8.96. The van der Waals surface area contributed by atoms with Crippen LogP contribution in [0.4, 0.5) is 11.6 Å². The Kier molecular flexibility index (Phi) is 5.94. The fourth-order valence-corrected chi connectivity index (χ4v) is 3.76. The van der Waals surface area contributed by atoms with Crippen LogP contribution in [0.3, 0.4) is 0 Å². The van der Waals surface area contributed by atoms with Crippen molar-refractivity contribution in [3.8, 4) is 11.8 Å². The molecule has 152 valence electrons. The number of hydrogen-bond acceptors (Lipinski definition) is 6. The van der Waals surface area contributed by atoms with Crippen molar-refractivity contribution in [2.75, 3.05) is 30.3 Å². The van der Waals surface area contributed by atoms with Crippen molar-refractivity contribution in [2.24, 2.45) is 0 Å². The van der Waals surface area contributed by atoms with Gasteiger partial charge >= 0.3 is 0 Å². The molecule has 1 fully saturated rings. The molecule has 1 aromatic carbocycles. The van der Waals surface area contributed by atoms with Crippen LogP contribution in [-0.4, -0.2) is 34.7 Å². The molecule has 3 heterocycles. The Morgan fingerprint density at radius 3 is 2.77 bits per heavy atom. The number of rotatable bonds is 4. The average Bonchev–Trinajstić information content (AvgIpc) is 2.80. The van der Waals surface area contributed by atoms with Crippen LogP contribution >= 0.6 is 0 Å². The lowest BCUT2D eigenvalue weighted by molar-refractivity contribution is 0.215. The zero-order valence-corrected chi connectivity index (χ0v) is 16.9. The van der Waals surface area contributed by atoms with Crippen molar-refractivity contribution in [3.63, 3.8) is 0 Å². The molecule has 1 unspecified atom stereocenters. The Morgan fingerprint density at radius 2 is 2.00 bits per heavy atom. The molecule has 4 N–H and O–H groups in total. The number of benzene rings is 1. The predicted octanol–water partition coefficient (Wildman–Crippen LogP) is 2.66. The molecule has 1 saturated heterocycles. The maximum absolute atomic E-state index is 11.1. The molecule has 2 aromatic heterocycles. The normalized spacial score (nSPS) is 17.1. The average molecular weight is 399 g/mol. The number of aromatic nitrogens is 2. The lowest BCUT2D eigenvalue weighted by Gasteiger charge is -2.35. The number of aliphatic hydroxyl groups is 1. The van der Waals surface area contributed by atoms with E-state index in [1.54, 1.807) is 25.3 Å². The summed E-state index contributed by atoms with van der Waals surface area (Å²) >= 11 is 0. The Labute approximate surface area is 176 Å². The van der Waals surface area contributed by atoms with Crippen LogP contribution in [0.25, 0.3) is 0 Å². The van der Waals surface area contributed by atoms with Crippen LogP contribution in [0.5, 0.6) is 0 Å². The summed E-state index contributed by atoms with van der Waals surface area (Å²) in [6.45, 7) is 4.24. The van der Waals surface area contributed by atoms with Gasteiger partial charge in [0.15, 0.2) is 0 Å². The summed E-state index contributed by atoms with van der Waals surface area (Å²) in [6.07, 6.45) is 0.606. The number of nitrogen functional groups attached to an aromatic ring is 1. The molecular formula is C24H25N5O. The topological polar surface area (TPSA) is 87.3 Å². The first-order chi connectivity index (χ1) is 14.7. The van der Waals surface area contributed by atoms with E-state index in [-0.39, 0.29) is 6.04 Å². The van der Waals surface area contributed by atoms with Crippen LogP contribution in [0.15, 0.2) is 60.8 Å². The summed E-state index contributed by atoms with van der Waals surface area (Å²) < 4.78 is 0. The van der Waals surface area contributed by atoms with Crippen molar-refractivity contribution >= 4 is 11.6 Å². The summed E-state index contributed by atoms with van der Waals surface area (Å²) in [5.74, 6) is 7.05. The molecule has 4 rings (SSSR count). The van der Waals surface area contributed by atoms with Gasteiger partial charge in [0, 0.05) is 43.0 Å². The third-order valence-corrected chi connectivity index (χ3v) is 5.30. The Bertz CT molecular complexity index is 1070. The molecule has 2 atom stereocenters. The summed E-state index contributed by atoms with van der Waals surface area (Å²) in [5, 5.41) is 14.6. The number of aliphatic hydroxyl groups excluding tert-OH is 1. The first-order valence-corrected chi connectivity index (χ1v) is 10.0. The highest BCUT2D eigenvalue weighted by Gasteiger charge is 2.24. The number of nitrogens with zero attached hydrogens (tertiary/aromatic N) is 3. The minimum Gasteiger partial charge on any atom is -0.383 e. The van der Waals surface area contributed by atoms with Crippen LogP contribution in [0, 0.1) is 11.8 Å². The van der Waals surface area contributed by atoms with Gasteiger partial charge in [0.2, 0.25) is 0 Å². The maximum Gasteiger partial charge on any atom is 0.129 e. The van der Waals surface area contributed by atoms with E-state index in [1.165, 1.54) is 5.56 Å². The van der Waals surface area contributed by atoms with Crippen molar-refractivity contribution in [3.05, 3.63) is 83.2 Å². The smallest absolute Gasteiger partial charge is 0.129 e. The van der Waals surface area contributed by atoms with Gasteiger partial charge in [0.25, 0.3) is 0 Å². The molecule has 1 aliphatic rings. The first-order valence-electron chi connectivity index (χ1n) is 10.0. The maximum atomic E-state index is 11.1. The second-order valence-electron chi connectivity index (χ2n) is 7.22. The van der Waals surface area contributed by atoms with Crippen LogP contribution in [-0.2, 0) is 0 Å². The predicted molar refractivity (Wildman–Crippen MR) is 119 cm³/mol. The van der Waals surface area contributed by atoms with Gasteiger partial charge in [0.1, 0.15) is 17.7 Å². The molecule has 0 bridgehead atoms. The Hall–Kier alpha value is -3.40. The highest BCUT2D eigenvalue weighted by molar-refractivity contribution is 5.52. The molecule has 6 nitrogen and oxygen atoms in total. The molecule has 6 heteroatoms.